The van der Waals surface area contributed by atoms with Crippen LogP contribution in [0.15, 0.2) is 97.2 Å². The smallest absolute Gasteiger partial charge is 0.254 e. The second-order valence-corrected chi connectivity index (χ2v) is 10.4. The van der Waals surface area contributed by atoms with Gasteiger partial charge in [-0.3, -0.25) is 9.78 Å². The molecule has 0 aliphatic rings. The molecule has 0 aliphatic carbocycles. The maximum Gasteiger partial charge on any atom is 0.254 e. The molecule has 0 saturated heterocycles. The van der Waals surface area contributed by atoms with Crippen molar-refractivity contribution >= 4 is 5.91 Å². The van der Waals surface area contributed by atoms with Gasteiger partial charge in [0.2, 0.25) is 0 Å². The summed E-state index contributed by atoms with van der Waals surface area (Å²) in [6, 6.07) is 29.7. The molecule has 0 aliphatic heterocycles. The van der Waals surface area contributed by atoms with Crippen LogP contribution in [0.2, 0.25) is 0 Å². The van der Waals surface area contributed by atoms with Crippen LogP contribution < -0.4 is 9.47 Å². The van der Waals surface area contributed by atoms with Crippen molar-refractivity contribution in [2.45, 2.75) is 45.8 Å². The predicted octanol–water partition coefficient (Wildman–Crippen LogP) is 6.85. The summed E-state index contributed by atoms with van der Waals surface area (Å²) in [7, 11) is 1.63. The first-order valence-electron chi connectivity index (χ1n) is 13.0. The molecule has 5 heteroatoms. The molecule has 196 valence electrons. The van der Waals surface area contributed by atoms with Gasteiger partial charge in [0.05, 0.1) is 7.11 Å². The number of carbonyl (C=O) groups excluding carboxylic acids is 1. The Morgan fingerprint density at radius 2 is 1.58 bits per heavy atom. The lowest BCUT2D eigenvalue weighted by Gasteiger charge is -2.24. The van der Waals surface area contributed by atoms with Gasteiger partial charge in [-0.05, 0) is 58.5 Å². The third-order valence-electron chi connectivity index (χ3n) is 6.49. The summed E-state index contributed by atoms with van der Waals surface area (Å²) in [5, 5.41) is 0. The Morgan fingerprint density at radius 1 is 0.842 bits per heavy atom. The molecule has 38 heavy (non-hydrogen) atoms. The fraction of sp³-hybridized carbons (Fsp3) is 0.273. The van der Waals surface area contributed by atoms with Gasteiger partial charge in [0.1, 0.15) is 6.61 Å². The summed E-state index contributed by atoms with van der Waals surface area (Å²) < 4.78 is 11.7. The molecule has 0 bridgehead atoms. The first-order chi connectivity index (χ1) is 18.3. The van der Waals surface area contributed by atoms with E-state index in [0.29, 0.717) is 43.2 Å². The SMILES string of the molecule is COc1cc(CN(CCc2ccccn2)C(=O)c2ccc(C(C)(C)C)cc2)ccc1OCc1ccccc1. The van der Waals surface area contributed by atoms with E-state index in [9.17, 15) is 4.79 Å². The van der Waals surface area contributed by atoms with Gasteiger partial charge in [-0.15, -0.1) is 0 Å². The van der Waals surface area contributed by atoms with Crippen molar-refractivity contribution in [2.24, 2.45) is 0 Å². The molecule has 1 amide bonds. The maximum absolute atomic E-state index is 13.7. The van der Waals surface area contributed by atoms with Crippen molar-refractivity contribution in [3.63, 3.8) is 0 Å². The Hall–Kier alpha value is -4.12. The highest BCUT2D eigenvalue weighted by Gasteiger charge is 2.19. The number of pyridine rings is 1. The number of aromatic nitrogens is 1. The molecule has 0 N–H and O–H groups in total. The van der Waals surface area contributed by atoms with E-state index < -0.39 is 0 Å². The minimum atomic E-state index is -0.00948. The number of ether oxygens (including phenoxy) is 2. The van der Waals surface area contributed by atoms with Crippen molar-refractivity contribution in [3.8, 4) is 11.5 Å². The van der Waals surface area contributed by atoms with Crippen LogP contribution in [0.4, 0.5) is 0 Å². The summed E-state index contributed by atoms with van der Waals surface area (Å²) in [6.45, 7) is 7.96. The van der Waals surface area contributed by atoms with E-state index in [1.165, 1.54) is 5.56 Å². The fourth-order valence-electron chi connectivity index (χ4n) is 4.23. The number of hydrogen-bond donors (Lipinski definition) is 0. The minimum Gasteiger partial charge on any atom is -0.493 e. The number of hydrogen-bond acceptors (Lipinski definition) is 4. The fourth-order valence-corrected chi connectivity index (χ4v) is 4.23. The van der Waals surface area contributed by atoms with Crippen LogP contribution in [0.5, 0.6) is 11.5 Å². The largest absolute Gasteiger partial charge is 0.493 e. The third-order valence-corrected chi connectivity index (χ3v) is 6.49. The third kappa shape index (κ3) is 7.22. The van der Waals surface area contributed by atoms with Crippen molar-refractivity contribution in [1.82, 2.24) is 9.88 Å². The maximum atomic E-state index is 13.7. The molecule has 0 radical (unpaired) electrons. The van der Waals surface area contributed by atoms with Gasteiger partial charge < -0.3 is 14.4 Å². The zero-order valence-electron chi connectivity index (χ0n) is 22.7. The lowest BCUT2D eigenvalue weighted by Crippen LogP contribution is -2.32. The summed E-state index contributed by atoms with van der Waals surface area (Å²) in [6.07, 6.45) is 2.45. The predicted molar refractivity (Wildman–Crippen MR) is 152 cm³/mol. The standard InChI is InChI=1S/C33H36N2O3/c1-33(2,3)28-16-14-27(15-17-28)32(36)35(21-19-29-12-8-9-20-34-29)23-26-13-18-30(31(22-26)37-4)38-24-25-10-6-5-7-11-25/h5-18,20,22H,19,21,23-24H2,1-4H3. The molecule has 0 unspecified atom stereocenters. The molecule has 4 aromatic rings. The summed E-state index contributed by atoms with van der Waals surface area (Å²) >= 11 is 0. The Balaban J connectivity index is 1.53. The van der Waals surface area contributed by atoms with E-state index >= 15 is 0 Å². The van der Waals surface area contributed by atoms with E-state index in [1.807, 2.05) is 95.9 Å². The van der Waals surface area contributed by atoms with Gasteiger partial charge in [-0.1, -0.05) is 75.4 Å². The molecule has 0 fully saturated rings. The van der Waals surface area contributed by atoms with Gasteiger partial charge in [0, 0.05) is 37.0 Å². The summed E-state index contributed by atoms with van der Waals surface area (Å²) in [4.78, 5) is 20.0. The molecule has 0 saturated carbocycles. The highest BCUT2D eigenvalue weighted by molar-refractivity contribution is 5.94. The normalized spacial score (nSPS) is 11.2. The van der Waals surface area contributed by atoms with Gasteiger partial charge >= 0.3 is 0 Å². The Labute approximate surface area is 226 Å². The van der Waals surface area contributed by atoms with Crippen LogP contribution in [0.3, 0.4) is 0 Å². The van der Waals surface area contributed by atoms with Gasteiger partial charge in [0.25, 0.3) is 5.91 Å². The lowest BCUT2D eigenvalue weighted by molar-refractivity contribution is 0.0744. The summed E-state index contributed by atoms with van der Waals surface area (Å²) in [5.41, 5.74) is 4.91. The van der Waals surface area contributed by atoms with Gasteiger partial charge in [0.15, 0.2) is 11.5 Å². The van der Waals surface area contributed by atoms with Crippen LogP contribution >= 0.6 is 0 Å². The number of methoxy groups -OCH3 is 1. The molecule has 4 rings (SSSR count). The number of benzene rings is 3. The zero-order valence-corrected chi connectivity index (χ0v) is 22.7. The van der Waals surface area contributed by atoms with Crippen molar-refractivity contribution in [2.75, 3.05) is 13.7 Å². The van der Waals surface area contributed by atoms with Crippen LogP contribution in [0.1, 0.15) is 53.5 Å². The highest BCUT2D eigenvalue weighted by atomic mass is 16.5. The van der Waals surface area contributed by atoms with E-state index in [4.69, 9.17) is 9.47 Å². The molecular weight excluding hydrogens is 472 g/mol. The monoisotopic (exact) mass is 508 g/mol. The second kappa shape index (κ2) is 12.4. The Morgan fingerprint density at radius 3 is 2.24 bits per heavy atom. The van der Waals surface area contributed by atoms with E-state index in [1.54, 1.807) is 13.3 Å². The van der Waals surface area contributed by atoms with Gasteiger partial charge in [-0.2, -0.15) is 0 Å². The van der Waals surface area contributed by atoms with Crippen molar-refractivity contribution < 1.29 is 14.3 Å². The molecular formula is C33H36N2O3. The summed E-state index contributed by atoms with van der Waals surface area (Å²) in [5.74, 6) is 1.30. The Bertz CT molecular complexity index is 1310. The molecule has 1 aromatic heterocycles. The first kappa shape index (κ1) is 26.9. The topological polar surface area (TPSA) is 51.7 Å². The number of nitrogens with zero attached hydrogens (tertiary/aromatic N) is 2. The number of carbonyl (C=O) groups is 1. The highest BCUT2D eigenvalue weighted by Crippen LogP contribution is 2.30. The van der Waals surface area contributed by atoms with Crippen molar-refractivity contribution in [3.05, 3.63) is 125 Å². The quantitative estimate of drug-likeness (QED) is 0.235. The molecule has 3 aromatic carbocycles. The van der Waals surface area contributed by atoms with Crippen molar-refractivity contribution in [1.29, 1.82) is 0 Å². The average molecular weight is 509 g/mol. The van der Waals surface area contributed by atoms with E-state index in [0.717, 1.165) is 16.8 Å². The minimum absolute atomic E-state index is 0.00948. The average Bonchev–Trinajstić information content (AvgIpc) is 2.94. The number of amides is 1. The van der Waals surface area contributed by atoms with E-state index in [-0.39, 0.29) is 11.3 Å². The van der Waals surface area contributed by atoms with Crippen LogP contribution in [0, 0.1) is 0 Å². The Kier molecular flexibility index (Phi) is 8.80. The zero-order chi connectivity index (χ0) is 27.0. The van der Waals surface area contributed by atoms with Crippen LogP contribution in [0.25, 0.3) is 0 Å². The molecule has 5 nitrogen and oxygen atoms in total. The lowest BCUT2D eigenvalue weighted by atomic mass is 9.86. The van der Waals surface area contributed by atoms with Gasteiger partial charge in [-0.25, -0.2) is 0 Å². The van der Waals surface area contributed by atoms with E-state index in [2.05, 4.69) is 25.8 Å². The number of rotatable bonds is 10. The second-order valence-electron chi connectivity index (χ2n) is 10.4. The van der Waals surface area contributed by atoms with Crippen LogP contribution in [-0.2, 0) is 25.0 Å². The molecule has 0 atom stereocenters. The molecule has 0 spiro atoms. The molecule has 1 heterocycles. The first-order valence-corrected chi connectivity index (χ1v) is 13.0. The van der Waals surface area contributed by atoms with Crippen LogP contribution in [-0.4, -0.2) is 29.4 Å².